The van der Waals surface area contributed by atoms with Crippen molar-refractivity contribution in [1.82, 2.24) is 25.4 Å². The van der Waals surface area contributed by atoms with Gasteiger partial charge in [-0.2, -0.15) is 5.10 Å². The van der Waals surface area contributed by atoms with Crippen LogP contribution in [-0.2, 0) is 4.79 Å². The van der Waals surface area contributed by atoms with Gasteiger partial charge in [-0.05, 0) is 54.7 Å². The molecule has 2 amide bonds. The van der Waals surface area contributed by atoms with Crippen LogP contribution in [0.3, 0.4) is 0 Å². The summed E-state index contributed by atoms with van der Waals surface area (Å²) in [6.07, 6.45) is 6.54. The summed E-state index contributed by atoms with van der Waals surface area (Å²) in [4.78, 5) is 31.2. The van der Waals surface area contributed by atoms with E-state index >= 15 is 0 Å². The largest absolute Gasteiger partial charge is 0.474 e. The quantitative estimate of drug-likeness (QED) is 0.261. The first kappa shape index (κ1) is 26.3. The number of carbonyl (C=O) groups is 2. The van der Waals surface area contributed by atoms with E-state index in [0.717, 1.165) is 54.1 Å². The Bertz CT molecular complexity index is 1520. The molecule has 0 aliphatic carbocycles. The van der Waals surface area contributed by atoms with Crippen LogP contribution in [0.1, 0.15) is 61.5 Å². The Morgan fingerprint density at radius 1 is 1.12 bits per heavy atom. The highest BCUT2D eigenvalue weighted by molar-refractivity contribution is 6.31. The lowest BCUT2D eigenvalue weighted by molar-refractivity contribution is -0.123. The fourth-order valence-corrected chi connectivity index (χ4v) is 6.38. The minimum Gasteiger partial charge on any atom is -0.474 e. The van der Waals surface area contributed by atoms with Crippen molar-refractivity contribution in [3.63, 3.8) is 0 Å². The molecule has 1 unspecified atom stereocenters. The van der Waals surface area contributed by atoms with Gasteiger partial charge in [0.05, 0.1) is 11.6 Å². The smallest absolute Gasteiger partial charge is 0.251 e. The number of amides is 2. The Kier molecular flexibility index (Phi) is 7.19. The third-order valence-corrected chi connectivity index (χ3v) is 8.53. The van der Waals surface area contributed by atoms with Gasteiger partial charge < -0.3 is 15.0 Å². The highest BCUT2D eigenvalue weighted by Crippen LogP contribution is 2.36. The third-order valence-electron chi connectivity index (χ3n) is 8.18. The van der Waals surface area contributed by atoms with E-state index in [1.165, 1.54) is 0 Å². The van der Waals surface area contributed by atoms with Gasteiger partial charge in [0.2, 0.25) is 12.3 Å². The molecule has 4 aromatic rings. The van der Waals surface area contributed by atoms with E-state index in [2.05, 4.69) is 34.3 Å². The fraction of sp³-hybridized carbons (Fsp3) is 0.355. The normalized spacial score (nSPS) is 21.0. The number of carbonyl (C=O) groups excluding carboxylic acids is 2. The van der Waals surface area contributed by atoms with E-state index in [0.29, 0.717) is 22.2 Å². The molecule has 2 aromatic heterocycles. The van der Waals surface area contributed by atoms with Crippen LogP contribution in [0.15, 0.2) is 60.8 Å². The van der Waals surface area contributed by atoms with Gasteiger partial charge in [-0.1, -0.05) is 43.6 Å². The number of nitrogens with zero attached hydrogens (tertiary/aromatic N) is 3. The van der Waals surface area contributed by atoms with E-state index in [1.807, 2.05) is 53.4 Å². The van der Waals surface area contributed by atoms with Crippen LogP contribution < -0.4 is 10.1 Å². The number of benzene rings is 2. The summed E-state index contributed by atoms with van der Waals surface area (Å²) in [7, 11) is 0. The van der Waals surface area contributed by atoms with E-state index in [9.17, 15) is 9.59 Å². The van der Waals surface area contributed by atoms with Crippen molar-refractivity contribution in [2.45, 2.75) is 63.8 Å². The van der Waals surface area contributed by atoms with Crippen molar-refractivity contribution in [3.8, 4) is 17.1 Å². The lowest BCUT2D eigenvalue weighted by Gasteiger charge is -2.36. The molecule has 40 heavy (non-hydrogen) atoms. The molecule has 2 aliphatic heterocycles. The van der Waals surface area contributed by atoms with Crippen LogP contribution >= 0.6 is 11.6 Å². The molecular weight excluding hydrogens is 526 g/mol. The Labute approximate surface area is 238 Å². The predicted molar refractivity (Wildman–Crippen MR) is 154 cm³/mol. The molecule has 2 bridgehead atoms. The SMILES string of the molecule is CC(C)[C@H](NC(=O)c1ccc2[nH]nc(-c3ccc(OC4C[C@H]5CC[C@@H](C4)N5C=O)nc3)c2c1)c1ccccc1Cl. The van der Waals surface area contributed by atoms with Gasteiger partial charge in [0, 0.05) is 58.7 Å². The van der Waals surface area contributed by atoms with Crippen molar-refractivity contribution in [2.75, 3.05) is 0 Å². The van der Waals surface area contributed by atoms with Crippen molar-refractivity contribution in [2.24, 2.45) is 5.92 Å². The number of aromatic nitrogens is 3. The van der Waals surface area contributed by atoms with E-state index in [4.69, 9.17) is 16.3 Å². The average Bonchev–Trinajstić information content (AvgIpc) is 3.49. The molecule has 2 saturated heterocycles. The first-order valence-electron chi connectivity index (χ1n) is 13.8. The van der Waals surface area contributed by atoms with Crippen molar-refractivity contribution in [1.29, 1.82) is 0 Å². The van der Waals surface area contributed by atoms with Gasteiger partial charge in [-0.15, -0.1) is 0 Å². The number of hydrogen-bond donors (Lipinski definition) is 2. The summed E-state index contributed by atoms with van der Waals surface area (Å²) in [6, 6.07) is 17.2. The van der Waals surface area contributed by atoms with Crippen LogP contribution in [0.5, 0.6) is 5.88 Å². The van der Waals surface area contributed by atoms with Crippen molar-refractivity contribution >= 4 is 34.8 Å². The highest BCUT2D eigenvalue weighted by atomic mass is 35.5. The van der Waals surface area contributed by atoms with Gasteiger partial charge >= 0.3 is 0 Å². The second-order valence-corrected chi connectivity index (χ2v) is 11.5. The number of rotatable bonds is 8. The van der Waals surface area contributed by atoms with Gasteiger partial charge in [0.15, 0.2) is 0 Å². The number of nitrogens with one attached hydrogen (secondary N) is 2. The molecule has 4 atom stereocenters. The van der Waals surface area contributed by atoms with Crippen molar-refractivity contribution in [3.05, 3.63) is 76.9 Å². The van der Waals surface area contributed by atoms with Gasteiger partial charge in [0.25, 0.3) is 5.91 Å². The number of halogens is 1. The highest BCUT2D eigenvalue weighted by Gasteiger charge is 2.41. The summed E-state index contributed by atoms with van der Waals surface area (Å²) in [5, 5.41) is 12.2. The summed E-state index contributed by atoms with van der Waals surface area (Å²) < 4.78 is 6.20. The molecule has 2 aliphatic rings. The second kappa shape index (κ2) is 10.9. The van der Waals surface area contributed by atoms with Crippen LogP contribution in [0.25, 0.3) is 22.2 Å². The van der Waals surface area contributed by atoms with Crippen LogP contribution in [0, 0.1) is 5.92 Å². The summed E-state index contributed by atoms with van der Waals surface area (Å²) in [6.45, 7) is 4.12. The van der Waals surface area contributed by atoms with Crippen LogP contribution in [0.4, 0.5) is 0 Å². The molecule has 0 radical (unpaired) electrons. The van der Waals surface area contributed by atoms with Gasteiger partial charge in [0.1, 0.15) is 11.8 Å². The maximum atomic E-state index is 13.3. The number of aromatic amines is 1. The molecule has 0 saturated carbocycles. The fourth-order valence-electron chi connectivity index (χ4n) is 6.12. The van der Waals surface area contributed by atoms with Gasteiger partial charge in [-0.25, -0.2) is 4.98 Å². The van der Waals surface area contributed by atoms with E-state index < -0.39 is 0 Å². The Morgan fingerprint density at radius 3 is 2.58 bits per heavy atom. The van der Waals surface area contributed by atoms with Crippen LogP contribution in [0.2, 0.25) is 5.02 Å². The first-order chi connectivity index (χ1) is 19.4. The maximum absolute atomic E-state index is 13.3. The molecule has 6 rings (SSSR count). The van der Waals surface area contributed by atoms with Crippen LogP contribution in [-0.4, -0.2) is 50.6 Å². The zero-order chi connectivity index (χ0) is 27.8. The molecule has 0 spiro atoms. The molecule has 9 heteroatoms. The minimum atomic E-state index is -0.224. The second-order valence-electron chi connectivity index (χ2n) is 11.1. The Morgan fingerprint density at radius 2 is 1.90 bits per heavy atom. The van der Waals surface area contributed by atoms with E-state index in [-0.39, 0.29) is 36.1 Å². The predicted octanol–water partition coefficient (Wildman–Crippen LogP) is 5.94. The number of hydrogen-bond acceptors (Lipinski definition) is 5. The monoisotopic (exact) mass is 557 g/mol. The number of pyridine rings is 1. The summed E-state index contributed by atoms with van der Waals surface area (Å²) in [5.41, 5.74) is 3.80. The zero-order valence-electron chi connectivity index (χ0n) is 22.5. The lowest BCUT2D eigenvalue weighted by Crippen LogP contribution is -2.45. The molecule has 2 fully saturated rings. The summed E-state index contributed by atoms with van der Waals surface area (Å²) in [5.74, 6) is 0.535. The lowest BCUT2D eigenvalue weighted by atomic mass is 9.95. The molecule has 8 nitrogen and oxygen atoms in total. The molecule has 4 heterocycles. The number of ether oxygens (including phenoxy) is 1. The Balaban J connectivity index is 1.19. The standard InChI is InChI=1S/C31H32ClN5O3/c1-18(2)29(24-5-3-4-6-26(24)32)34-31(39)19-7-11-27-25(13-19)30(36-35-27)20-8-12-28(33-16-20)40-23-14-21-9-10-22(15-23)37(21)17-38/h3-8,11-13,16-18,21-23,29H,9-10,14-15H2,1-2H3,(H,34,39)(H,35,36)/t21-,22+,23?,29-/m0/s1. The molecular formula is C31H32ClN5O3. The zero-order valence-corrected chi connectivity index (χ0v) is 23.3. The topological polar surface area (TPSA) is 100 Å². The average molecular weight is 558 g/mol. The number of H-pyrrole nitrogens is 1. The number of piperidine rings is 1. The minimum absolute atomic E-state index is 0.0553. The number of fused-ring (bicyclic) bond motifs is 3. The molecule has 206 valence electrons. The van der Waals surface area contributed by atoms with Gasteiger partial charge in [-0.3, -0.25) is 14.7 Å². The molecule has 2 N–H and O–H groups in total. The van der Waals surface area contributed by atoms with Crippen molar-refractivity contribution < 1.29 is 14.3 Å². The first-order valence-corrected chi connectivity index (χ1v) is 14.2. The molecule has 2 aromatic carbocycles. The Hall–Kier alpha value is -3.91. The summed E-state index contributed by atoms with van der Waals surface area (Å²) >= 11 is 6.44. The third kappa shape index (κ3) is 5.04. The maximum Gasteiger partial charge on any atom is 0.251 e. The van der Waals surface area contributed by atoms with E-state index in [1.54, 1.807) is 12.3 Å².